The van der Waals surface area contributed by atoms with E-state index < -0.39 is 0 Å². The molecular formula is C26H24BrN3O2. The zero-order valence-corrected chi connectivity index (χ0v) is 19.6. The summed E-state index contributed by atoms with van der Waals surface area (Å²) >= 11 is 3.47. The molecule has 0 aliphatic rings. The highest BCUT2D eigenvalue weighted by Crippen LogP contribution is 2.27. The monoisotopic (exact) mass is 489 g/mol. The lowest BCUT2D eigenvalue weighted by Crippen LogP contribution is -2.25. The van der Waals surface area contributed by atoms with Gasteiger partial charge in [0.25, 0.3) is 5.91 Å². The Balaban J connectivity index is 1.43. The van der Waals surface area contributed by atoms with Crippen LogP contribution in [0.3, 0.4) is 0 Å². The van der Waals surface area contributed by atoms with Crippen LogP contribution in [0.25, 0.3) is 10.9 Å². The van der Waals surface area contributed by atoms with Gasteiger partial charge in [0, 0.05) is 33.7 Å². The van der Waals surface area contributed by atoms with E-state index in [1.54, 1.807) is 6.21 Å². The number of hydrogen-bond acceptors (Lipinski definition) is 3. The second-order valence-corrected chi connectivity index (χ2v) is 8.58. The van der Waals surface area contributed by atoms with Gasteiger partial charge >= 0.3 is 0 Å². The third-order valence-electron chi connectivity index (χ3n) is 5.18. The number of aryl methyl sites for hydroxylation is 2. The first-order valence-corrected chi connectivity index (χ1v) is 11.1. The quantitative estimate of drug-likeness (QED) is 0.271. The van der Waals surface area contributed by atoms with Crippen molar-refractivity contribution in [2.24, 2.45) is 5.10 Å². The van der Waals surface area contributed by atoms with Crippen molar-refractivity contribution in [2.75, 3.05) is 6.61 Å². The van der Waals surface area contributed by atoms with Gasteiger partial charge in [-0.3, -0.25) is 4.79 Å². The highest BCUT2D eigenvalue weighted by atomic mass is 79.9. The van der Waals surface area contributed by atoms with E-state index in [0.29, 0.717) is 0 Å². The maximum absolute atomic E-state index is 12.2. The molecule has 4 rings (SSSR count). The average Bonchev–Trinajstić information content (AvgIpc) is 3.11. The fourth-order valence-corrected chi connectivity index (χ4v) is 4.44. The van der Waals surface area contributed by atoms with E-state index >= 15 is 0 Å². The Labute approximate surface area is 195 Å². The molecule has 162 valence electrons. The van der Waals surface area contributed by atoms with Crippen LogP contribution < -0.4 is 10.2 Å². The summed E-state index contributed by atoms with van der Waals surface area (Å²) in [5.74, 6) is 0.410. The number of carbonyl (C=O) groups is 1. The summed E-state index contributed by atoms with van der Waals surface area (Å²) in [5.41, 5.74) is 7.79. The molecule has 0 aliphatic carbocycles. The van der Waals surface area contributed by atoms with E-state index in [0.717, 1.165) is 44.4 Å². The number of rotatable bonds is 7. The first-order valence-electron chi connectivity index (χ1n) is 10.3. The molecule has 1 aromatic heterocycles. The molecule has 6 heteroatoms. The number of hydrazone groups is 1. The first-order chi connectivity index (χ1) is 15.5. The SMILES string of the molecule is Cc1cc(Br)cc(C)c1OCC(=O)N/N=C\c1cn(Cc2ccccc2)c2ccccc12. The zero-order valence-electron chi connectivity index (χ0n) is 18.0. The summed E-state index contributed by atoms with van der Waals surface area (Å²) in [6.07, 6.45) is 3.73. The molecule has 1 heterocycles. The fraction of sp³-hybridized carbons (Fsp3) is 0.154. The first kappa shape index (κ1) is 21.8. The second kappa shape index (κ2) is 9.83. The minimum atomic E-state index is -0.309. The summed E-state index contributed by atoms with van der Waals surface area (Å²) in [4.78, 5) is 12.2. The van der Waals surface area contributed by atoms with Crippen LogP contribution in [-0.2, 0) is 11.3 Å². The van der Waals surface area contributed by atoms with Crippen molar-refractivity contribution < 1.29 is 9.53 Å². The smallest absolute Gasteiger partial charge is 0.277 e. The molecule has 0 spiro atoms. The molecule has 4 aromatic rings. The van der Waals surface area contributed by atoms with Crippen LogP contribution in [0.1, 0.15) is 22.3 Å². The number of hydrogen-bond donors (Lipinski definition) is 1. The van der Waals surface area contributed by atoms with E-state index in [4.69, 9.17) is 4.74 Å². The zero-order chi connectivity index (χ0) is 22.5. The lowest BCUT2D eigenvalue weighted by molar-refractivity contribution is -0.123. The molecule has 0 aliphatic heterocycles. The topological polar surface area (TPSA) is 55.6 Å². The lowest BCUT2D eigenvalue weighted by Gasteiger charge is -2.11. The number of amides is 1. The summed E-state index contributed by atoms with van der Waals surface area (Å²) in [7, 11) is 0. The van der Waals surface area contributed by atoms with Gasteiger partial charge in [-0.1, -0.05) is 64.5 Å². The largest absolute Gasteiger partial charge is 0.483 e. The number of carbonyl (C=O) groups excluding carboxylic acids is 1. The van der Waals surface area contributed by atoms with Gasteiger partial charge in [0.1, 0.15) is 5.75 Å². The number of para-hydroxylation sites is 1. The average molecular weight is 490 g/mol. The Morgan fingerprint density at radius 1 is 1.06 bits per heavy atom. The molecule has 1 N–H and O–H groups in total. The third kappa shape index (κ3) is 5.08. The second-order valence-electron chi connectivity index (χ2n) is 7.67. The van der Waals surface area contributed by atoms with E-state index in [1.165, 1.54) is 5.56 Å². The van der Waals surface area contributed by atoms with Crippen LogP contribution >= 0.6 is 15.9 Å². The normalized spacial score (nSPS) is 11.2. The molecule has 0 unspecified atom stereocenters. The molecule has 0 bridgehead atoms. The minimum absolute atomic E-state index is 0.101. The third-order valence-corrected chi connectivity index (χ3v) is 5.64. The molecule has 0 atom stereocenters. The molecule has 1 amide bonds. The van der Waals surface area contributed by atoms with Crippen LogP contribution in [-0.4, -0.2) is 23.3 Å². The predicted molar refractivity (Wildman–Crippen MR) is 132 cm³/mol. The van der Waals surface area contributed by atoms with Gasteiger partial charge in [-0.25, -0.2) is 5.43 Å². The maximum atomic E-state index is 12.2. The van der Waals surface area contributed by atoms with Gasteiger partial charge in [0.2, 0.25) is 0 Å². The Morgan fingerprint density at radius 3 is 2.50 bits per heavy atom. The van der Waals surface area contributed by atoms with Crippen molar-refractivity contribution >= 4 is 39.0 Å². The number of benzene rings is 3. The van der Waals surface area contributed by atoms with Crippen molar-refractivity contribution in [3.63, 3.8) is 0 Å². The lowest BCUT2D eigenvalue weighted by atomic mass is 10.1. The van der Waals surface area contributed by atoms with Crippen LogP contribution in [0.5, 0.6) is 5.75 Å². The molecule has 5 nitrogen and oxygen atoms in total. The summed E-state index contributed by atoms with van der Waals surface area (Å²) in [5, 5.41) is 5.24. The Kier molecular flexibility index (Phi) is 6.71. The molecular weight excluding hydrogens is 466 g/mol. The van der Waals surface area contributed by atoms with E-state index in [9.17, 15) is 4.79 Å². The van der Waals surface area contributed by atoms with Gasteiger partial charge in [0.15, 0.2) is 6.61 Å². The van der Waals surface area contributed by atoms with E-state index in [-0.39, 0.29) is 12.5 Å². The molecule has 0 radical (unpaired) electrons. The van der Waals surface area contributed by atoms with Gasteiger partial charge in [0.05, 0.1) is 6.21 Å². The Bertz CT molecular complexity index is 1260. The summed E-state index contributed by atoms with van der Waals surface area (Å²) in [6.45, 7) is 4.57. The van der Waals surface area contributed by atoms with Gasteiger partial charge in [-0.05, 0) is 48.7 Å². The van der Waals surface area contributed by atoms with Crippen molar-refractivity contribution in [3.8, 4) is 5.75 Å². The minimum Gasteiger partial charge on any atom is -0.483 e. The van der Waals surface area contributed by atoms with Crippen molar-refractivity contribution in [1.29, 1.82) is 0 Å². The highest BCUT2D eigenvalue weighted by Gasteiger charge is 2.09. The van der Waals surface area contributed by atoms with Crippen LogP contribution in [0, 0.1) is 13.8 Å². The number of ether oxygens (including phenoxy) is 1. The molecule has 0 saturated carbocycles. The standard InChI is InChI=1S/C26H24BrN3O2/c1-18-12-22(27)13-19(2)26(18)32-17-25(31)29-28-14-21-16-30(15-20-8-4-3-5-9-20)24-11-7-6-10-23(21)24/h3-14,16H,15,17H2,1-2H3,(H,29,31)/b28-14-. The number of aromatic nitrogens is 1. The van der Waals surface area contributed by atoms with Gasteiger partial charge in [-0.15, -0.1) is 0 Å². The van der Waals surface area contributed by atoms with Gasteiger partial charge in [-0.2, -0.15) is 5.10 Å². The van der Waals surface area contributed by atoms with E-state index in [2.05, 4.69) is 61.5 Å². The molecule has 0 fully saturated rings. The summed E-state index contributed by atoms with van der Waals surface area (Å²) in [6, 6.07) is 22.4. The number of nitrogens with one attached hydrogen (secondary N) is 1. The van der Waals surface area contributed by atoms with E-state index in [1.807, 2.05) is 56.3 Å². The predicted octanol–water partition coefficient (Wildman–Crippen LogP) is 5.60. The van der Waals surface area contributed by atoms with Crippen molar-refractivity contribution in [1.82, 2.24) is 9.99 Å². The molecule has 3 aromatic carbocycles. The number of nitrogens with zero attached hydrogens (tertiary/aromatic N) is 2. The highest BCUT2D eigenvalue weighted by molar-refractivity contribution is 9.10. The summed E-state index contributed by atoms with van der Waals surface area (Å²) < 4.78 is 8.89. The fourth-order valence-electron chi connectivity index (χ4n) is 3.76. The molecule has 32 heavy (non-hydrogen) atoms. The Hall–Kier alpha value is -3.38. The number of fused-ring (bicyclic) bond motifs is 1. The van der Waals surface area contributed by atoms with Crippen LogP contribution in [0.2, 0.25) is 0 Å². The van der Waals surface area contributed by atoms with Crippen LogP contribution in [0.15, 0.2) is 82.5 Å². The van der Waals surface area contributed by atoms with Crippen LogP contribution in [0.4, 0.5) is 0 Å². The van der Waals surface area contributed by atoms with Crippen molar-refractivity contribution in [3.05, 3.63) is 99.7 Å². The molecule has 0 saturated heterocycles. The Morgan fingerprint density at radius 2 is 1.75 bits per heavy atom. The maximum Gasteiger partial charge on any atom is 0.277 e. The van der Waals surface area contributed by atoms with Gasteiger partial charge < -0.3 is 9.30 Å². The number of halogens is 1. The van der Waals surface area contributed by atoms with Crippen molar-refractivity contribution in [2.45, 2.75) is 20.4 Å².